The van der Waals surface area contributed by atoms with Crippen LogP contribution in [-0.2, 0) is 9.84 Å². The first-order valence-electron chi connectivity index (χ1n) is 7.84. The predicted octanol–water partition coefficient (Wildman–Crippen LogP) is 2.77. The van der Waals surface area contributed by atoms with Crippen LogP contribution in [0.1, 0.15) is 12.0 Å². The number of H-pyrrole nitrogens is 1. The van der Waals surface area contributed by atoms with Crippen LogP contribution in [0.15, 0.2) is 64.7 Å². The van der Waals surface area contributed by atoms with Gasteiger partial charge >= 0.3 is 0 Å². The average Bonchev–Trinajstić information content (AvgIpc) is 3.07. The Balaban J connectivity index is 1.89. The Morgan fingerprint density at radius 2 is 1.92 bits per heavy atom. The Morgan fingerprint density at radius 3 is 2.67 bits per heavy atom. The van der Waals surface area contributed by atoms with Crippen LogP contribution >= 0.6 is 0 Å². The molecule has 3 aromatic rings. The first kappa shape index (κ1) is 15.1. The van der Waals surface area contributed by atoms with Gasteiger partial charge in [0.15, 0.2) is 0 Å². The smallest absolute Gasteiger partial charge is 0.208 e. The molecule has 0 radical (unpaired) electrons. The number of pyridine rings is 1. The van der Waals surface area contributed by atoms with Crippen LogP contribution in [0, 0.1) is 0 Å². The van der Waals surface area contributed by atoms with Crippen molar-refractivity contribution in [1.82, 2.24) is 15.3 Å². The number of benzene rings is 1. The molecule has 4 rings (SSSR count). The summed E-state index contributed by atoms with van der Waals surface area (Å²) in [5.41, 5.74) is 3.45. The molecule has 0 saturated carbocycles. The summed E-state index contributed by atoms with van der Waals surface area (Å²) in [4.78, 5) is 8.10. The fraction of sp³-hybridized carbons (Fsp3) is 0.167. The van der Waals surface area contributed by atoms with Gasteiger partial charge in [-0.25, -0.2) is 8.42 Å². The number of aromatic nitrogens is 2. The monoisotopic (exact) mass is 339 g/mol. The van der Waals surface area contributed by atoms with Crippen molar-refractivity contribution < 1.29 is 8.42 Å². The summed E-state index contributed by atoms with van der Waals surface area (Å²) in [6.07, 6.45) is 6.46. The summed E-state index contributed by atoms with van der Waals surface area (Å²) >= 11 is 0. The third-order valence-electron chi connectivity index (χ3n) is 4.28. The normalized spacial score (nSPS) is 15.4. The van der Waals surface area contributed by atoms with Crippen molar-refractivity contribution in [1.29, 1.82) is 0 Å². The number of rotatable bonds is 3. The summed E-state index contributed by atoms with van der Waals surface area (Å²) in [6.45, 7) is 1.74. The van der Waals surface area contributed by atoms with Gasteiger partial charge in [-0.3, -0.25) is 4.98 Å². The minimum absolute atomic E-state index is 0.263. The molecule has 0 spiro atoms. The molecule has 0 atom stereocenters. The van der Waals surface area contributed by atoms with Crippen molar-refractivity contribution in [2.75, 3.05) is 13.1 Å². The maximum Gasteiger partial charge on any atom is 0.208 e. The molecule has 2 aromatic heterocycles. The summed E-state index contributed by atoms with van der Waals surface area (Å²) in [5, 5.41) is 3.28. The van der Waals surface area contributed by atoms with E-state index < -0.39 is 9.84 Å². The predicted molar refractivity (Wildman–Crippen MR) is 93.5 cm³/mol. The van der Waals surface area contributed by atoms with Crippen LogP contribution in [-0.4, -0.2) is 31.5 Å². The summed E-state index contributed by atoms with van der Waals surface area (Å²) in [5.74, 6) is 0. The molecule has 122 valence electrons. The number of nitrogens with one attached hydrogen (secondary N) is 2. The lowest BCUT2D eigenvalue weighted by atomic mass is 10.0. The number of sulfone groups is 1. The van der Waals surface area contributed by atoms with Crippen molar-refractivity contribution >= 4 is 26.4 Å². The van der Waals surface area contributed by atoms with E-state index in [9.17, 15) is 8.42 Å². The van der Waals surface area contributed by atoms with E-state index in [-0.39, 0.29) is 9.79 Å². The topological polar surface area (TPSA) is 74.8 Å². The summed E-state index contributed by atoms with van der Waals surface area (Å²) in [7, 11) is -3.59. The fourth-order valence-corrected chi connectivity index (χ4v) is 4.50. The zero-order valence-electron chi connectivity index (χ0n) is 13.0. The molecule has 1 aliphatic rings. The molecule has 6 heteroatoms. The highest BCUT2D eigenvalue weighted by atomic mass is 32.2. The molecule has 3 heterocycles. The first-order chi connectivity index (χ1) is 11.7. The molecule has 0 bridgehead atoms. The molecule has 0 unspecified atom stereocenters. The third-order valence-corrected chi connectivity index (χ3v) is 6.09. The molecule has 5 nitrogen and oxygen atoms in total. The van der Waals surface area contributed by atoms with Gasteiger partial charge in [0, 0.05) is 24.5 Å². The van der Waals surface area contributed by atoms with Crippen molar-refractivity contribution in [3.8, 4) is 0 Å². The first-order valence-corrected chi connectivity index (χ1v) is 9.32. The molecular weight excluding hydrogens is 322 g/mol. The lowest BCUT2D eigenvalue weighted by Crippen LogP contribution is -2.19. The van der Waals surface area contributed by atoms with Gasteiger partial charge in [-0.1, -0.05) is 24.3 Å². The van der Waals surface area contributed by atoms with Gasteiger partial charge in [0.1, 0.15) is 0 Å². The molecule has 0 amide bonds. The number of aromatic amines is 1. The van der Waals surface area contributed by atoms with Crippen molar-refractivity contribution in [2.45, 2.75) is 16.2 Å². The van der Waals surface area contributed by atoms with E-state index >= 15 is 0 Å². The number of nitrogens with zero attached hydrogens (tertiary/aromatic N) is 1. The van der Waals surface area contributed by atoms with E-state index in [0.717, 1.165) is 25.1 Å². The largest absolute Gasteiger partial charge is 0.358 e. The van der Waals surface area contributed by atoms with Gasteiger partial charge in [0.05, 0.1) is 20.8 Å². The molecule has 1 aliphatic heterocycles. The van der Waals surface area contributed by atoms with E-state index in [0.29, 0.717) is 11.0 Å². The number of fused-ring (bicyclic) bond motifs is 1. The number of hydrogen-bond donors (Lipinski definition) is 2. The van der Waals surface area contributed by atoms with Crippen LogP contribution in [0.5, 0.6) is 0 Å². The minimum atomic E-state index is -3.59. The Bertz CT molecular complexity index is 1020. The molecular formula is C18H17N3O2S. The lowest BCUT2D eigenvalue weighted by Gasteiger charge is -2.13. The standard InChI is InChI=1S/C18H17N3O2S/c22-24(23,14-4-2-1-3-5-14)16-8-11-20-17-15(12-21-18(16)17)13-6-9-19-10-7-13/h1-6,8,11-12,19,21H,7,9-10H2. The fourth-order valence-electron chi connectivity index (χ4n) is 3.06. The van der Waals surface area contributed by atoms with E-state index in [1.54, 1.807) is 42.6 Å². The van der Waals surface area contributed by atoms with Crippen LogP contribution in [0.3, 0.4) is 0 Å². The van der Waals surface area contributed by atoms with Gasteiger partial charge in [-0.2, -0.15) is 0 Å². The Hall–Kier alpha value is -2.44. The molecule has 0 fully saturated rings. The SMILES string of the molecule is O=S(=O)(c1ccccc1)c1ccnc2c(C3=CCNCC3)c[nH]c12. The zero-order valence-corrected chi connectivity index (χ0v) is 13.8. The Labute approximate surface area is 140 Å². The highest BCUT2D eigenvalue weighted by Gasteiger charge is 2.23. The Kier molecular flexibility index (Phi) is 3.70. The van der Waals surface area contributed by atoms with Gasteiger partial charge in [-0.15, -0.1) is 0 Å². The number of hydrogen-bond acceptors (Lipinski definition) is 4. The van der Waals surface area contributed by atoms with E-state index in [2.05, 4.69) is 21.4 Å². The third kappa shape index (κ3) is 2.44. The van der Waals surface area contributed by atoms with E-state index in [1.165, 1.54) is 5.57 Å². The van der Waals surface area contributed by atoms with Gasteiger partial charge in [-0.05, 0) is 36.7 Å². The van der Waals surface area contributed by atoms with Crippen LogP contribution in [0.4, 0.5) is 0 Å². The lowest BCUT2D eigenvalue weighted by molar-refractivity contribution is 0.596. The van der Waals surface area contributed by atoms with Gasteiger partial charge in [0.25, 0.3) is 0 Å². The molecule has 2 N–H and O–H groups in total. The second-order valence-electron chi connectivity index (χ2n) is 5.74. The second kappa shape index (κ2) is 5.89. The molecule has 0 saturated heterocycles. The van der Waals surface area contributed by atoms with Crippen LogP contribution in [0.2, 0.25) is 0 Å². The second-order valence-corrected chi connectivity index (χ2v) is 7.65. The average molecular weight is 339 g/mol. The van der Waals surface area contributed by atoms with Gasteiger partial charge in [0.2, 0.25) is 9.84 Å². The van der Waals surface area contributed by atoms with Crippen LogP contribution in [0.25, 0.3) is 16.6 Å². The van der Waals surface area contributed by atoms with Gasteiger partial charge < -0.3 is 10.3 Å². The van der Waals surface area contributed by atoms with Crippen LogP contribution < -0.4 is 5.32 Å². The maximum absolute atomic E-state index is 13.0. The summed E-state index contributed by atoms with van der Waals surface area (Å²) < 4.78 is 25.9. The highest BCUT2D eigenvalue weighted by Crippen LogP contribution is 2.31. The van der Waals surface area contributed by atoms with Crippen molar-refractivity contribution in [3.63, 3.8) is 0 Å². The van der Waals surface area contributed by atoms with E-state index in [1.807, 2.05) is 6.20 Å². The summed E-state index contributed by atoms with van der Waals surface area (Å²) in [6, 6.07) is 10.0. The zero-order chi connectivity index (χ0) is 16.6. The van der Waals surface area contributed by atoms with E-state index in [4.69, 9.17) is 0 Å². The highest BCUT2D eigenvalue weighted by molar-refractivity contribution is 7.91. The van der Waals surface area contributed by atoms with Crippen molar-refractivity contribution in [2.24, 2.45) is 0 Å². The molecule has 0 aliphatic carbocycles. The Morgan fingerprint density at radius 1 is 1.08 bits per heavy atom. The maximum atomic E-state index is 13.0. The van der Waals surface area contributed by atoms with Crippen molar-refractivity contribution in [3.05, 3.63) is 60.4 Å². The molecule has 1 aromatic carbocycles. The molecule has 24 heavy (non-hydrogen) atoms. The quantitative estimate of drug-likeness (QED) is 0.769. The minimum Gasteiger partial charge on any atom is -0.358 e.